The first kappa shape index (κ1) is 16.2. The number of carbonyl (C=O) groups excluding carboxylic acids is 4. The molecule has 0 radical (unpaired) electrons. The van der Waals surface area contributed by atoms with E-state index in [0.29, 0.717) is 17.5 Å². The van der Waals surface area contributed by atoms with Crippen LogP contribution in [0.25, 0.3) is 0 Å². The standard InChI is InChI=1S/C17H18N2O5/c20-14(18-11-7-8-11)10-24-15(21)6-3-9-19-16(22)12-4-1-2-5-13(12)17(19)23/h1-2,4-5,11H,3,6-10H2,(H,18,20). The number of ether oxygens (including phenoxy) is 1. The van der Waals surface area contributed by atoms with Crippen LogP contribution in [-0.4, -0.2) is 47.8 Å². The highest BCUT2D eigenvalue weighted by atomic mass is 16.5. The number of nitrogens with one attached hydrogen (secondary N) is 1. The Balaban J connectivity index is 1.40. The summed E-state index contributed by atoms with van der Waals surface area (Å²) in [7, 11) is 0. The molecule has 0 atom stereocenters. The molecule has 1 aromatic rings. The number of nitrogens with zero attached hydrogens (tertiary/aromatic N) is 1. The average molecular weight is 330 g/mol. The van der Waals surface area contributed by atoms with Gasteiger partial charge in [-0.3, -0.25) is 24.1 Å². The van der Waals surface area contributed by atoms with Crippen LogP contribution in [0.15, 0.2) is 24.3 Å². The lowest BCUT2D eigenvalue weighted by molar-refractivity contribution is -0.148. The van der Waals surface area contributed by atoms with E-state index in [1.54, 1.807) is 24.3 Å². The second-order valence-electron chi connectivity index (χ2n) is 5.91. The zero-order valence-corrected chi connectivity index (χ0v) is 13.1. The lowest BCUT2D eigenvalue weighted by Crippen LogP contribution is -2.32. The number of benzene rings is 1. The van der Waals surface area contributed by atoms with Gasteiger partial charge in [0, 0.05) is 19.0 Å². The van der Waals surface area contributed by atoms with Gasteiger partial charge in [-0.25, -0.2) is 0 Å². The first-order chi connectivity index (χ1) is 11.6. The van der Waals surface area contributed by atoms with Crippen LogP contribution in [0.1, 0.15) is 46.4 Å². The first-order valence-electron chi connectivity index (χ1n) is 7.96. The molecule has 1 aliphatic heterocycles. The Bertz CT molecular complexity index is 661. The van der Waals surface area contributed by atoms with E-state index in [4.69, 9.17) is 4.74 Å². The fraction of sp³-hybridized carbons (Fsp3) is 0.412. The number of fused-ring (bicyclic) bond motifs is 1. The zero-order chi connectivity index (χ0) is 17.1. The largest absolute Gasteiger partial charge is 0.456 e. The molecule has 0 unspecified atom stereocenters. The highest BCUT2D eigenvalue weighted by Crippen LogP contribution is 2.22. The number of amides is 3. The molecule has 0 spiro atoms. The van der Waals surface area contributed by atoms with Gasteiger partial charge in [-0.15, -0.1) is 0 Å². The van der Waals surface area contributed by atoms with Gasteiger partial charge in [0.1, 0.15) is 0 Å². The summed E-state index contributed by atoms with van der Waals surface area (Å²) in [4.78, 5) is 48.4. The van der Waals surface area contributed by atoms with E-state index in [0.717, 1.165) is 17.7 Å². The number of esters is 1. The van der Waals surface area contributed by atoms with Crippen LogP contribution in [0.4, 0.5) is 0 Å². The van der Waals surface area contributed by atoms with Crippen molar-refractivity contribution in [2.45, 2.75) is 31.7 Å². The maximum atomic E-state index is 12.1. The number of rotatable bonds is 7. The van der Waals surface area contributed by atoms with E-state index in [9.17, 15) is 19.2 Å². The molecule has 1 N–H and O–H groups in total. The number of hydrogen-bond donors (Lipinski definition) is 1. The number of hydrogen-bond acceptors (Lipinski definition) is 5. The minimum Gasteiger partial charge on any atom is -0.456 e. The van der Waals surface area contributed by atoms with Crippen LogP contribution >= 0.6 is 0 Å². The van der Waals surface area contributed by atoms with E-state index in [1.807, 2.05) is 0 Å². The molecular weight excluding hydrogens is 312 g/mol. The molecule has 0 saturated heterocycles. The third-order valence-corrected chi connectivity index (χ3v) is 3.95. The molecule has 0 aromatic heterocycles. The lowest BCUT2D eigenvalue weighted by Gasteiger charge is -2.13. The molecule has 3 amide bonds. The van der Waals surface area contributed by atoms with Gasteiger partial charge in [0.2, 0.25) is 0 Å². The summed E-state index contributed by atoms with van der Waals surface area (Å²) in [6.45, 7) is -0.141. The summed E-state index contributed by atoms with van der Waals surface area (Å²) in [5.41, 5.74) is 0.781. The van der Waals surface area contributed by atoms with E-state index in [2.05, 4.69) is 5.32 Å². The van der Waals surface area contributed by atoms with Crippen molar-refractivity contribution < 1.29 is 23.9 Å². The monoisotopic (exact) mass is 330 g/mol. The predicted molar refractivity (Wildman–Crippen MR) is 83.2 cm³/mol. The van der Waals surface area contributed by atoms with Crippen LogP contribution in [0.3, 0.4) is 0 Å². The summed E-state index contributed by atoms with van der Waals surface area (Å²) in [5, 5.41) is 2.72. The molecule has 126 valence electrons. The van der Waals surface area contributed by atoms with Gasteiger partial charge >= 0.3 is 5.97 Å². The SMILES string of the molecule is O=C(COC(=O)CCCN1C(=O)c2ccccc2C1=O)NC1CC1. The highest BCUT2D eigenvalue weighted by molar-refractivity contribution is 6.21. The number of carbonyl (C=O) groups is 4. The van der Waals surface area contributed by atoms with Crippen LogP contribution in [0, 0.1) is 0 Å². The zero-order valence-electron chi connectivity index (χ0n) is 13.1. The summed E-state index contributed by atoms with van der Waals surface area (Å²) in [6, 6.07) is 6.87. The van der Waals surface area contributed by atoms with Gasteiger partial charge in [0.25, 0.3) is 17.7 Å². The summed E-state index contributed by atoms with van der Waals surface area (Å²) >= 11 is 0. The van der Waals surface area contributed by atoms with Crippen molar-refractivity contribution >= 4 is 23.7 Å². The molecule has 1 fully saturated rings. The van der Waals surface area contributed by atoms with Gasteiger partial charge < -0.3 is 10.1 Å². The minimum absolute atomic E-state index is 0.0457. The Hall–Kier alpha value is -2.70. The van der Waals surface area contributed by atoms with Crippen molar-refractivity contribution in [2.75, 3.05) is 13.2 Å². The summed E-state index contributed by atoms with van der Waals surface area (Å²) in [6.07, 6.45) is 2.29. The van der Waals surface area contributed by atoms with Gasteiger partial charge in [-0.05, 0) is 31.4 Å². The van der Waals surface area contributed by atoms with Crippen molar-refractivity contribution in [3.8, 4) is 0 Å². The van der Waals surface area contributed by atoms with E-state index < -0.39 is 5.97 Å². The van der Waals surface area contributed by atoms with Crippen LogP contribution in [0.2, 0.25) is 0 Å². The van der Waals surface area contributed by atoms with Gasteiger partial charge in [0.05, 0.1) is 11.1 Å². The molecule has 7 nitrogen and oxygen atoms in total. The second kappa shape index (κ2) is 6.82. The number of imide groups is 1. The predicted octanol–water partition coefficient (Wildman–Crippen LogP) is 0.885. The quantitative estimate of drug-likeness (QED) is 0.592. The van der Waals surface area contributed by atoms with Crippen molar-refractivity contribution in [1.29, 1.82) is 0 Å². The molecule has 2 aliphatic rings. The highest BCUT2D eigenvalue weighted by Gasteiger charge is 2.34. The van der Waals surface area contributed by atoms with Crippen LogP contribution in [-0.2, 0) is 14.3 Å². The molecule has 24 heavy (non-hydrogen) atoms. The van der Waals surface area contributed by atoms with Crippen molar-refractivity contribution in [1.82, 2.24) is 10.2 Å². The van der Waals surface area contributed by atoms with Gasteiger partial charge in [-0.1, -0.05) is 12.1 Å². The Morgan fingerprint density at radius 1 is 1.12 bits per heavy atom. The lowest BCUT2D eigenvalue weighted by atomic mass is 10.1. The maximum Gasteiger partial charge on any atom is 0.306 e. The van der Waals surface area contributed by atoms with Crippen molar-refractivity contribution in [2.24, 2.45) is 0 Å². The first-order valence-corrected chi connectivity index (χ1v) is 7.96. The van der Waals surface area contributed by atoms with Crippen molar-refractivity contribution in [3.63, 3.8) is 0 Å². The molecule has 0 bridgehead atoms. The molecular formula is C17H18N2O5. The smallest absolute Gasteiger partial charge is 0.306 e. The summed E-state index contributed by atoms with van der Waals surface area (Å²) < 4.78 is 4.87. The normalized spacial score (nSPS) is 16.1. The van der Waals surface area contributed by atoms with Crippen molar-refractivity contribution in [3.05, 3.63) is 35.4 Å². The third kappa shape index (κ3) is 3.61. The molecule has 7 heteroatoms. The fourth-order valence-electron chi connectivity index (χ4n) is 2.54. The van der Waals surface area contributed by atoms with Gasteiger partial charge in [0.15, 0.2) is 6.61 Å². The molecule has 1 saturated carbocycles. The van der Waals surface area contributed by atoms with E-state index in [-0.39, 0.29) is 43.3 Å². The second-order valence-corrected chi connectivity index (χ2v) is 5.91. The molecule has 3 rings (SSSR count). The Kier molecular flexibility index (Phi) is 4.59. The summed E-state index contributed by atoms with van der Waals surface area (Å²) in [5.74, 6) is -1.50. The Morgan fingerprint density at radius 2 is 1.75 bits per heavy atom. The van der Waals surface area contributed by atoms with Gasteiger partial charge in [-0.2, -0.15) is 0 Å². The van der Waals surface area contributed by atoms with E-state index in [1.165, 1.54) is 0 Å². The van der Waals surface area contributed by atoms with Crippen LogP contribution in [0.5, 0.6) is 0 Å². The fourth-order valence-corrected chi connectivity index (χ4v) is 2.54. The maximum absolute atomic E-state index is 12.1. The third-order valence-electron chi connectivity index (χ3n) is 3.95. The molecule has 1 heterocycles. The minimum atomic E-state index is -0.516. The molecule has 1 aliphatic carbocycles. The molecule has 1 aromatic carbocycles. The van der Waals surface area contributed by atoms with Crippen LogP contribution < -0.4 is 5.32 Å². The topological polar surface area (TPSA) is 92.8 Å². The Morgan fingerprint density at radius 3 is 2.33 bits per heavy atom. The van der Waals surface area contributed by atoms with E-state index >= 15 is 0 Å². The average Bonchev–Trinajstić information content (AvgIpc) is 3.36. The Labute approximate surface area is 139 Å².